The first-order valence-electron chi connectivity index (χ1n) is 12.3. The number of esters is 2. The molecule has 0 radical (unpaired) electrons. The molecule has 6 aliphatic rings. The molecule has 6 rings (SSSR count). The van der Waals surface area contributed by atoms with E-state index in [1.54, 1.807) is 27.7 Å². The molecule has 204 valence electrons. The van der Waals surface area contributed by atoms with E-state index in [0.29, 0.717) is 13.2 Å². The smallest absolute Gasteiger partial charge is 0.338 e. The summed E-state index contributed by atoms with van der Waals surface area (Å²) in [5.74, 6) is -3.59. The molecule has 36 heavy (non-hydrogen) atoms. The van der Waals surface area contributed by atoms with Gasteiger partial charge in [0, 0.05) is 0 Å². The number of carbonyl (C=O) groups is 2. The third kappa shape index (κ3) is 5.02. The van der Waals surface area contributed by atoms with Crippen LogP contribution >= 0.6 is 0 Å². The summed E-state index contributed by atoms with van der Waals surface area (Å²) in [6.07, 6.45) is -3.70. The Morgan fingerprint density at radius 1 is 0.500 bits per heavy atom. The average molecular weight is 517 g/mol. The van der Waals surface area contributed by atoms with E-state index >= 15 is 0 Å². The molecule has 12 heteroatoms. The normalized spacial score (nSPS) is 45.0. The van der Waals surface area contributed by atoms with Crippen LogP contribution in [0, 0.1) is 0 Å². The van der Waals surface area contributed by atoms with Crippen LogP contribution in [0.25, 0.3) is 0 Å². The van der Waals surface area contributed by atoms with Crippen molar-refractivity contribution >= 4 is 11.9 Å². The quantitative estimate of drug-likeness (QED) is 0.489. The maximum absolute atomic E-state index is 11.7. The molecule has 6 aliphatic heterocycles. The van der Waals surface area contributed by atoms with Crippen molar-refractivity contribution in [1.29, 1.82) is 0 Å². The molecule has 6 heterocycles. The number of cyclic esters (lactones) is 2. The van der Waals surface area contributed by atoms with Crippen molar-refractivity contribution in [2.24, 2.45) is 0 Å². The molecule has 0 aromatic rings. The van der Waals surface area contributed by atoms with E-state index in [-0.39, 0.29) is 24.1 Å². The minimum atomic E-state index is -0.762. The Balaban J connectivity index is 0.000000148. The lowest BCUT2D eigenvalue weighted by Crippen LogP contribution is -2.40. The van der Waals surface area contributed by atoms with Gasteiger partial charge in [0.1, 0.15) is 24.4 Å². The molecule has 0 spiro atoms. The number of hydrogen-bond acceptors (Lipinski definition) is 12. The zero-order chi connectivity index (χ0) is 26.3. The van der Waals surface area contributed by atoms with Crippen LogP contribution in [0.15, 0.2) is 0 Å². The summed E-state index contributed by atoms with van der Waals surface area (Å²) in [6, 6.07) is 0. The van der Waals surface area contributed by atoms with Gasteiger partial charge in [-0.1, -0.05) is 0 Å². The van der Waals surface area contributed by atoms with Crippen LogP contribution in [-0.4, -0.2) is 97.1 Å². The standard InChI is InChI=1S/2C12H18O6/c2*1-11(2)14-5-6(16-11)7-8-9(10(13)15-7)18-12(3,4)17-8/h2*6-9H,5H2,1-4H3/t2*6?,7?,8-,9-/m00/s1. The van der Waals surface area contributed by atoms with Crippen LogP contribution < -0.4 is 0 Å². The third-order valence-corrected chi connectivity index (χ3v) is 6.67. The molecule has 6 fully saturated rings. The maximum Gasteiger partial charge on any atom is 0.338 e. The summed E-state index contributed by atoms with van der Waals surface area (Å²) < 4.78 is 55.6. The van der Waals surface area contributed by atoms with Gasteiger partial charge in [-0.15, -0.1) is 0 Å². The molecule has 4 unspecified atom stereocenters. The second kappa shape index (κ2) is 8.57. The van der Waals surface area contributed by atoms with Gasteiger partial charge in [-0.25, -0.2) is 9.59 Å². The molecular formula is C24H36O12. The first-order chi connectivity index (χ1) is 16.5. The lowest BCUT2D eigenvalue weighted by molar-refractivity contribution is -0.201. The molecule has 0 aromatic carbocycles. The second-order valence-corrected chi connectivity index (χ2v) is 11.6. The van der Waals surface area contributed by atoms with Gasteiger partial charge >= 0.3 is 11.9 Å². The van der Waals surface area contributed by atoms with E-state index in [1.807, 2.05) is 27.7 Å². The molecule has 0 saturated carbocycles. The second-order valence-electron chi connectivity index (χ2n) is 11.6. The lowest BCUT2D eigenvalue weighted by atomic mass is 10.1. The Hall–Kier alpha value is -1.38. The summed E-state index contributed by atoms with van der Waals surface area (Å²) in [5, 5.41) is 0. The van der Waals surface area contributed by atoms with Crippen molar-refractivity contribution in [3.05, 3.63) is 0 Å². The van der Waals surface area contributed by atoms with Crippen LogP contribution in [0.3, 0.4) is 0 Å². The molecule has 12 nitrogen and oxygen atoms in total. The van der Waals surface area contributed by atoms with Crippen LogP contribution in [0.5, 0.6) is 0 Å². The average Bonchev–Trinajstić information content (AvgIpc) is 3.54. The van der Waals surface area contributed by atoms with Gasteiger partial charge in [-0.2, -0.15) is 0 Å². The minimum Gasteiger partial charge on any atom is -0.455 e. The Morgan fingerprint density at radius 2 is 0.861 bits per heavy atom. The van der Waals surface area contributed by atoms with Crippen LogP contribution in [0.2, 0.25) is 0 Å². The fourth-order valence-corrected chi connectivity index (χ4v) is 5.29. The van der Waals surface area contributed by atoms with Crippen molar-refractivity contribution in [2.45, 2.75) is 127 Å². The van der Waals surface area contributed by atoms with E-state index in [1.165, 1.54) is 0 Å². The van der Waals surface area contributed by atoms with Gasteiger partial charge in [0.05, 0.1) is 13.2 Å². The number of hydrogen-bond donors (Lipinski definition) is 0. The topological polar surface area (TPSA) is 126 Å². The zero-order valence-electron chi connectivity index (χ0n) is 21.9. The van der Waals surface area contributed by atoms with Crippen molar-refractivity contribution in [1.82, 2.24) is 0 Å². The Labute approximate surface area is 210 Å². The molecular weight excluding hydrogens is 480 g/mol. The molecule has 8 atom stereocenters. The van der Waals surface area contributed by atoms with Crippen LogP contribution in [0.1, 0.15) is 55.4 Å². The largest absolute Gasteiger partial charge is 0.455 e. The Morgan fingerprint density at radius 3 is 1.17 bits per heavy atom. The van der Waals surface area contributed by atoms with Crippen molar-refractivity contribution in [3.63, 3.8) is 0 Å². The summed E-state index contributed by atoms with van der Waals surface area (Å²) in [5.41, 5.74) is 0. The van der Waals surface area contributed by atoms with Crippen LogP contribution in [-0.2, 0) is 57.0 Å². The van der Waals surface area contributed by atoms with E-state index in [4.69, 9.17) is 47.4 Å². The molecule has 0 N–H and O–H groups in total. The molecule has 0 aromatic heterocycles. The number of rotatable bonds is 2. The fraction of sp³-hybridized carbons (Fsp3) is 0.917. The highest BCUT2D eigenvalue weighted by molar-refractivity contribution is 5.79. The highest BCUT2D eigenvalue weighted by atomic mass is 16.8. The molecule has 0 aliphatic carbocycles. The van der Waals surface area contributed by atoms with Gasteiger partial charge in [-0.05, 0) is 55.4 Å². The van der Waals surface area contributed by atoms with Crippen LogP contribution in [0.4, 0.5) is 0 Å². The van der Waals surface area contributed by atoms with Crippen molar-refractivity contribution < 1.29 is 57.0 Å². The lowest BCUT2D eigenvalue weighted by Gasteiger charge is -2.25. The third-order valence-electron chi connectivity index (χ3n) is 6.67. The number of ether oxygens (including phenoxy) is 10. The Kier molecular flexibility index (Phi) is 6.24. The first-order valence-corrected chi connectivity index (χ1v) is 12.3. The highest BCUT2D eigenvalue weighted by Crippen LogP contribution is 2.41. The fourth-order valence-electron chi connectivity index (χ4n) is 5.29. The molecule has 0 bridgehead atoms. The van der Waals surface area contributed by atoms with E-state index in [0.717, 1.165) is 0 Å². The monoisotopic (exact) mass is 516 g/mol. The summed E-state index contributed by atoms with van der Waals surface area (Å²) in [7, 11) is 0. The predicted molar refractivity (Wildman–Crippen MR) is 117 cm³/mol. The van der Waals surface area contributed by atoms with Gasteiger partial charge in [0.15, 0.2) is 47.6 Å². The van der Waals surface area contributed by atoms with E-state index in [9.17, 15) is 9.59 Å². The zero-order valence-corrected chi connectivity index (χ0v) is 21.9. The molecule has 0 amide bonds. The van der Waals surface area contributed by atoms with E-state index < -0.39 is 59.8 Å². The van der Waals surface area contributed by atoms with Gasteiger partial charge in [0.25, 0.3) is 0 Å². The Bertz CT molecular complexity index is 826. The predicted octanol–water partition coefficient (Wildman–Crippen LogP) is 1.17. The minimum absolute atomic E-state index is 0.309. The number of carbonyl (C=O) groups excluding carboxylic acids is 2. The number of fused-ring (bicyclic) bond motifs is 2. The summed E-state index contributed by atoms with van der Waals surface area (Å²) in [4.78, 5) is 23.5. The van der Waals surface area contributed by atoms with Crippen molar-refractivity contribution in [2.75, 3.05) is 13.2 Å². The maximum atomic E-state index is 11.7. The first kappa shape index (κ1) is 26.2. The van der Waals surface area contributed by atoms with Gasteiger partial charge in [-0.3, -0.25) is 0 Å². The SMILES string of the molecule is CC1(C)OCC(C2OC(=O)[C@H]3OC(C)(C)O[C@@H]23)O1.CC1(C)OCC(C2OC(=O)[C@H]3OC(C)(C)O[C@@H]23)O1. The van der Waals surface area contributed by atoms with Gasteiger partial charge in [0.2, 0.25) is 0 Å². The van der Waals surface area contributed by atoms with E-state index in [2.05, 4.69) is 0 Å². The summed E-state index contributed by atoms with van der Waals surface area (Å²) >= 11 is 0. The van der Waals surface area contributed by atoms with Gasteiger partial charge < -0.3 is 47.4 Å². The highest BCUT2D eigenvalue weighted by Gasteiger charge is 2.61. The van der Waals surface area contributed by atoms with Crippen molar-refractivity contribution in [3.8, 4) is 0 Å². The molecule has 6 saturated heterocycles. The summed E-state index contributed by atoms with van der Waals surface area (Å²) in [6.45, 7) is 15.2.